The van der Waals surface area contributed by atoms with Gasteiger partial charge in [-0.1, -0.05) is 103 Å². The van der Waals surface area contributed by atoms with Crippen LogP contribution >= 0.6 is 22.6 Å². The highest BCUT2D eigenvalue weighted by atomic mass is 127. The predicted molar refractivity (Wildman–Crippen MR) is 172 cm³/mol. The minimum absolute atomic E-state index is 0.0878. The van der Waals surface area contributed by atoms with Crippen molar-refractivity contribution < 1.29 is 13.5 Å². The minimum Gasteiger partial charge on any atom is -0.485 e. The fourth-order valence-electron chi connectivity index (χ4n) is 5.38. The molecule has 7 heteroatoms. The van der Waals surface area contributed by atoms with Gasteiger partial charge in [-0.05, 0) is 58.5 Å². The first-order valence-electron chi connectivity index (χ1n) is 14.3. The van der Waals surface area contributed by atoms with Crippen molar-refractivity contribution in [1.29, 1.82) is 0 Å². The Kier molecular flexibility index (Phi) is 10.0. The summed E-state index contributed by atoms with van der Waals surface area (Å²) in [5, 5.41) is 0. The van der Waals surface area contributed by atoms with Crippen LogP contribution in [0, 0.1) is 11.6 Å². The summed E-state index contributed by atoms with van der Waals surface area (Å²) < 4.78 is 33.4. The number of piperazine rings is 1. The summed E-state index contributed by atoms with van der Waals surface area (Å²) in [5.74, 6) is 0.0445. The highest BCUT2D eigenvalue weighted by molar-refractivity contribution is 14.1. The van der Waals surface area contributed by atoms with Crippen LogP contribution in [-0.2, 0) is 6.61 Å². The molecule has 0 amide bonds. The third kappa shape index (κ3) is 7.25. The van der Waals surface area contributed by atoms with E-state index in [-0.39, 0.29) is 33.1 Å². The van der Waals surface area contributed by atoms with E-state index in [1.165, 1.54) is 24.3 Å². The van der Waals surface area contributed by atoms with Crippen LogP contribution in [-0.4, -0.2) is 36.0 Å². The van der Waals surface area contributed by atoms with Crippen LogP contribution in [0.4, 0.5) is 8.78 Å². The second-order valence-corrected chi connectivity index (χ2v) is 12.1. The fraction of sp³-hybridized carbons (Fsp3) is 0.286. The van der Waals surface area contributed by atoms with Crippen LogP contribution in [0.1, 0.15) is 57.7 Å². The third-order valence-electron chi connectivity index (χ3n) is 7.81. The van der Waals surface area contributed by atoms with Crippen molar-refractivity contribution in [1.82, 2.24) is 9.80 Å². The molecule has 42 heavy (non-hydrogen) atoms. The van der Waals surface area contributed by atoms with Crippen molar-refractivity contribution in [3.05, 3.63) is 147 Å². The van der Waals surface area contributed by atoms with Gasteiger partial charge in [0.1, 0.15) is 18.2 Å². The van der Waals surface area contributed by atoms with Crippen LogP contribution < -0.4 is 10.2 Å². The second-order valence-electron chi connectivity index (χ2n) is 11.0. The van der Waals surface area contributed by atoms with Gasteiger partial charge in [-0.15, -0.1) is 0 Å². The van der Waals surface area contributed by atoms with Gasteiger partial charge in [0.05, 0.1) is 10.1 Å². The van der Waals surface area contributed by atoms with Gasteiger partial charge < -0.3 is 4.74 Å². The molecule has 4 aromatic carbocycles. The van der Waals surface area contributed by atoms with E-state index in [1.807, 2.05) is 48.5 Å². The van der Waals surface area contributed by atoms with E-state index in [0.29, 0.717) is 17.9 Å². The average molecular weight is 681 g/mol. The maximum absolute atomic E-state index is 13.8. The molecule has 0 spiro atoms. The molecule has 1 saturated heterocycles. The van der Waals surface area contributed by atoms with E-state index >= 15 is 0 Å². The molecule has 4 aromatic rings. The van der Waals surface area contributed by atoms with Gasteiger partial charge in [-0.3, -0.25) is 14.6 Å². The highest BCUT2D eigenvalue weighted by Gasteiger charge is 2.30. The molecule has 218 valence electrons. The summed E-state index contributed by atoms with van der Waals surface area (Å²) in [6.45, 7) is 7.50. The van der Waals surface area contributed by atoms with Gasteiger partial charge >= 0.3 is 0 Å². The number of hydrogen-bond donors (Lipinski definition) is 0. The van der Waals surface area contributed by atoms with Crippen LogP contribution in [0.25, 0.3) is 0 Å². The van der Waals surface area contributed by atoms with Crippen molar-refractivity contribution in [3.8, 4) is 5.75 Å². The minimum atomic E-state index is -0.286. The lowest BCUT2D eigenvalue weighted by Gasteiger charge is -2.41. The molecule has 0 bridgehead atoms. The van der Waals surface area contributed by atoms with E-state index < -0.39 is 0 Å². The lowest BCUT2D eigenvalue weighted by molar-refractivity contribution is 0.105. The molecule has 0 aliphatic carbocycles. The van der Waals surface area contributed by atoms with Gasteiger partial charge in [0.25, 0.3) is 0 Å². The molecule has 1 atom stereocenters. The molecular weight excluding hydrogens is 645 g/mol. The summed E-state index contributed by atoms with van der Waals surface area (Å²) in [6, 6.07) is 28.7. The van der Waals surface area contributed by atoms with Gasteiger partial charge in [0.15, 0.2) is 5.75 Å². The number of hydrogen-bond acceptors (Lipinski definition) is 4. The Bertz CT molecular complexity index is 1480. The summed E-state index contributed by atoms with van der Waals surface area (Å²) >= 11 is 2.36. The number of ether oxygens (including phenoxy) is 1. The van der Waals surface area contributed by atoms with Crippen LogP contribution in [0.3, 0.4) is 0 Å². The monoisotopic (exact) mass is 680 g/mol. The molecule has 0 aromatic heterocycles. The molecule has 4 nitrogen and oxygen atoms in total. The van der Waals surface area contributed by atoms with Crippen molar-refractivity contribution in [2.75, 3.05) is 26.2 Å². The van der Waals surface area contributed by atoms with Crippen LogP contribution in [0.5, 0.6) is 5.75 Å². The molecule has 1 aliphatic heterocycles. The number of nitrogens with zero attached hydrogens (tertiary/aromatic N) is 2. The molecule has 0 saturated carbocycles. The third-order valence-corrected chi connectivity index (χ3v) is 9.26. The standard InChI is InChI=1S/C35H35F2IN2O2/c1-24(2)28-12-17-31(34(41)32(22-28)42-23-25-6-4-3-5-7-25)35(38)40-20-18-39(19-21-40)33(26-8-13-29(36)14-9-26)27-10-15-30(37)16-11-27/h3-17,22,24,33,35H,18-21,23H2,1-2H3. The Labute approximate surface area is 260 Å². The molecule has 0 radical (unpaired) electrons. The van der Waals surface area contributed by atoms with Crippen molar-refractivity contribution >= 4 is 22.6 Å². The van der Waals surface area contributed by atoms with Gasteiger partial charge in [-0.2, -0.15) is 0 Å². The Morgan fingerprint density at radius 3 is 1.81 bits per heavy atom. The first kappa shape index (κ1) is 30.3. The first-order chi connectivity index (χ1) is 20.3. The molecule has 5 rings (SSSR count). The predicted octanol–water partition coefficient (Wildman–Crippen LogP) is 7.87. The molecule has 0 N–H and O–H groups in total. The van der Waals surface area contributed by atoms with Crippen molar-refractivity contribution in [3.63, 3.8) is 0 Å². The summed E-state index contributed by atoms with van der Waals surface area (Å²) in [7, 11) is 0. The maximum Gasteiger partial charge on any atom is 0.225 e. The fourth-order valence-corrected chi connectivity index (χ4v) is 6.43. The lowest BCUT2D eigenvalue weighted by Crippen LogP contribution is -2.48. The zero-order valence-corrected chi connectivity index (χ0v) is 26.0. The van der Waals surface area contributed by atoms with E-state index in [0.717, 1.165) is 48.4 Å². The molecular formula is C35H35F2IN2O2. The van der Waals surface area contributed by atoms with Crippen molar-refractivity contribution in [2.45, 2.75) is 36.5 Å². The van der Waals surface area contributed by atoms with Gasteiger partial charge in [0.2, 0.25) is 5.43 Å². The first-order valence-corrected chi connectivity index (χ1v) is 15.5. The number of benzene rings is 3. The normalized spacial score (nSPS) is 15.2. The van der Waals surface area contributed by atoms with E-state index in [9.17, 15) is 13.6 Å². The Morgan fingerprint density at radius 2 is 1.26 bits per heavy atom. The van der Waals surface area contributed by atoms with Gasteiger partial charge in [-0.25, -0.2) is 8.78 Å². The second kappa shape index (κ2) is 13.9. The summed E-state index contributed by atoms with van der Waals surface area (Å²) in [6.07, 6.45) is 0. The Morgan fingerprint density at radius 1 is 0.738 bits per heavy atom. The zero-order chi connectivity index (χ0) is 29.6. The quantitative estimate of drug-likeness (QED) is 0.102. The Balaban J connectivity index is 1.37. The van der Waals surface area contributed by atoms with E-state index in [1.54, 1.807) is 24.3 Å². The number of rotatable bonds is 9. The molecule has 1 aliphatic rings. The maximum atomic E-state index is 13.8. The summed E-state index contributed by atoms with van der Waals surface area (Å²) in [4.78, 5) is 18.5. The van der Waals surface area contributed by atoms with Crippen LogP contribution in [0.2, 0.25) is 0 Å². The van der Waals surface area contributed by atoms with Crippen LogP contribution in [0.15, 0.2) is 102 Å². The van der Waals surface area contributed by atoms with Gasteiger partial charge in [0, 0.05) is 31.7 Å². The number of alkyl halides is 1. The average Bonchev–Trinajstić information content (AvgIpc) is 3.17. The largest absolute Gasteiger partial charge is 0.485 e. The summed E-state index contributed by atoms with van der Waals surface area (Å²) in [5.41, 5.74) is 4.59. The Hall–Kier alpha value is -3.14. The lowest BCUT2D eigenvalue weighted by atomic mass is 9.96. The molecule has 1 unspecified atom stereocenters. The zero-order valence-electron chi connectivity index (χ0n) is 23.9. The topological polar surface area (TPSA) is 32.8 Å². The van der Waals surface area contributed by atoms with Crippen molar-refractivity contribution in [2.24, 2.45) is 0 Å². The SMILES string of the molecule is CC(C)c1ccc(C(I)N2CCN(C(c3ccc(F)cc3)c3ccc(F)cc3)CC2)c(=O)c(OCc2ccccc2)c1. The number of halogens is 3. The highest BCUT2D eigenvalue weighted by Crippen LogP contribution is 2.33. The molecule has 1 fully saturated rings. The van der Waals surface area contributed by atoms with E-state index in [2.05, 4.69) is 46.2 Å². The smallest absolute Gasteiger partial charge is 0.225 e. The van der Waals surface area contributed by atoms with E-state index in [4.69, 9.17) is 4.74 Å². The molecule has 1 heterocycles.